The zero-order valence-corrected chi connectivity index (χ0v) is 17.0. The van der Waals surface area contributed by atoms with Crippen molar-refractivity contribution in [2.24, 2.45) is 10.9 Å². The lowest BCUT2D eigenvalue weighted by Crippen LogP contribution is -2.43. The molecule has 0 fully saturated rings. The van der Waals surface area contributed by atoms with Gasteiger partial charge in [0.2, 0.25) is 0 Å². The molecule has 0 saturated heterocycles. The minimum atomic E-state index is -4.64. The maximum atomic E-state index is 13.2. The maximum absolute atomic E-state index is 13.2. The van der Waals surface area contributed by atoms with E-state index in [-0.39, 0.29) is 30.2 Å². The number of allylic oxidation sites excluding steroid dienone is 1. The lowest BCUT2D eigenvalue weighted by Gasteiger charge is -2.34. The van der Waals surface area contributed by atoms with Crippen LogP contribution in [0.3, 0.4) is 0 Å². The monoisotopic (exact) mass is 437 g/mol. The van der Waals surface area contributed by atoms with Crippen molar-refractivity contribution in [1.82, 2.24) is 19.9 Å². The van der Waals surface area contributed by atoms with Gasteiger partial charge >= 0.3 is 6.18 Å². The van der Waals surface area contributed by atoms with Gasteiger partial charge in [-0.25, -0.2) is 4.68 Å². The number of aliphatic imine (C=N–C) groups is 1. The lowest BCUT2D eigenvalue weighted by atomic mass is 10.00. The number of alkyl halides is 3. The quantitative estimate of drug-likeness (QED) is 0.703. The highest BCUT2D eigenvalue weighted by Crippen LogP contribution is 2.37. The van der Waals surface area contributed by atoms with Gasteiger partial charge in [0, 0.05) is 24.6 Å². The molecular weight excluding hydrogens is 419 g/mol. The minimum Gasteiger partial charge on any atom is -0.329 e. The standard InChI is InChI=1S/C20H19ClF3N5O/c1-11-5-4-8-25-18(11)29-16-9-12(2)28(10-15(16)26-27-29)19(30)13-6-3-7-14(17(13)21)20(22,23)24/h3-8,11-12,18H,9-10H2,1-2H3. The SMILES string of the molecule is CC1C=CC=NC1n1nnc2c1CC(C)N(C(=O)c1cccc(C(F)(F)F)c1Cl)C2. The predicted molar refractivity (Wildman–Crippen MR) is 105 cm³/mol. The molecule has 158 valence electrons. The van der Waals surface area contributed by atoms with Crippen LogP contribution in [-0.2, 0) is 19.1 Å². The summed E-state index contributed by atoms with van der Waals surface area (Å²) >= 11 is 5.96. The number of hydrogen-bond acceptors (Lipinski definition) is 4. The highest BCUT2D eigenvalue weighted by atomic mass is 35.5. The van der Waals surface area contributed by atoms with E-state index < -0.39 is 22.7 Å². The average Bonchev–Trinajstić information content (AvgIpc) is 3.09. The molecule has 6 nitrogen and oxygen atoms in total. The Kier molecular flexibility index (Phi) is 5.17. The molecule has 3 heterocycles. The summed E-state index contributed by atoms with van der Waals surface area (Å²) < 4.78 is 41.3. The first-order valence-corrected chi connectivity index (χ1v) is 9.86. The Morgan fingerprint density at radius 1 is 1.27 bits per heavy atom. The molecule has 10 heteroatoms. The molecule has 0 N–H and O–H groups in total. The van der Waals surface area contributed by atoms with Gasteiger partial charge in [0.1, 0.15) is 11.9 Å². The van der Waals surface area contributed by atoms with Crippen LogP contribution in [0.15, 0.2) is 35.3 Å². The molecule has 2 aliphatic rings. The van der Waals surface area contributed by atoms with E-state index in [1.807, 2.05) is 26.0 Å². The van der Waals surface area contributed by atoms with E-state index in [1.54, 1.807) is 10.9 Å². The van der Waals surface area contributed by atoms with Gasteiger partial charge in [-0.15, -0.1) is 5.10 Å². The van der Waals surface area contributed by atoms with E-state index in [0.717, 1.165) is 11.8 Å². The Hall–Kier alpha value is -2.68. The Morgan fingerprint density at radius 2 is 2.03 bits per heavy atom. The third kappa shape index (κ3) is 3.51. The molecule has 0 spiro atoms. The second kappa shape index (κ2) is 7.54. The number of carbonyl (C=O) groups excluding carboxylic acids is 1. The van der Waals surface area contributed by atoms with Gasteiger partial charge < -0.3 is 4.90 Å². The summed E-state index contributed by atoms with van der Waals surface area (Å²) in [5.74, 6) is -0.425. The molecule has 30 heavy (non-hydrogen) atoms. The van der Waals surface area contributed by atoms with Crippen molar-refractivity contribution >= 4 is 23.7 Å². The largest absolute Gasteiger partial charge is 0.417 e. The number of rotatable bonds is 2. The van der Waals surface area contributed by atoms with Gasteiger partial charge in [-0.1, -0.05) is 35.9 Å². The summed E-state index contributed by atoms with van der Waals surface area (Å²) in [4.78, 5) is 19.0. The zero-order valence-electron chi connectivity index (χ0n) is 16.3. The van der Waals surface area contributed by atoms with Crippen LogP contribution in [0.25, 0.3) is 0 Å². The van der Waals surface area contributed by atoms with Crippen LogP contribution in [0.1, 0.15) is 47.3 Å². The molecule has 0 aliphatic carbocycles. The number of aromatic nitrogens is 3. The van der Waals surface area contributed by atoms with Crippen molar-refractivity contribution in [3.05, 3.63) is 57.9 Å². The molecule has 0 radical (unpaired) electrons. The topological polar surface area (TPSA) is 63.4 Å². The molecule has 3 atom stereocenters. The lowest BCUT2D eigenvalue weighted by molar-refractivity contribution is -0.137. The molecule has 2 aromatic rings. The van der Waals surface area contributed by atoms with E-state index in [0.29, 0.717) is 12.1 Å². The van der Waals surface area contributed by atoms with Crippen LogP contribution in [-0.4, -0.2) is 38.1 Å². The molecular formula is C20H19ClF3N5O. The van der Waals surface area contributed by atoms with Crippen molar-refractivity contribution < 1.29 is 18.0 Å². The molecule has 1 amide bonds. The first-order valence-electron chi connectivity index (χ1n) is 9.48. The fourth-order valence-electron chi connectivity index (χ4n) is 3.83. The third-order valence-electron chi connectivity index (χ3n) is 5.47. The Morgan fingerprint density at radius 3 is 2.73 bits per heavy atom. The summed E-state index contributed by atoms with van der Waals surface area (Å²) in [6.07, 6.45) is 1.25. The van der Waals surface area contributed by atoms with E-state index >= 15 is 0 Å². The maximum Gasteiger partial charge on any atom is 0.417 e. The Bertz CT molecular complexity index is 1050. The van der Waals surface area contributed by atoms with E-state index in [4.69, 9.17) is 11.6 Å². The van der Waals surface area contributed by atoms with Crippen LogP contribution in [0.5, 0.6) is 0 Å². The predicted octanol–water partition coefficient (Wildman–Crippen LogP) is 4.31. The van der Waals surface area contributed by atoms with Gasteiger partial charge in [-0.2, -0.15) is 13.2 Å². The second-order valence-electron chi connectivity index (χ2n) is 7.53. The molecule has 3 unspecified atom stereocenters. The number of halogens is 4. The van der Waals surface area contributed by atoms with Crippen LogP contribution >= 0.6 is 11.6 Å². The average molecular weight is 438 g/mol. The summed E-state index contributed by atoms with van der Waals surface area (Å²) in [5.41, 5.74) is 0.292. The molecule has 2 aliphatic heterocycles. The first-order chi connectivity index (χ1) is 14.2. The van der Waals surface area contributed by atoms with Crippen LogP contribution < -0.4 is 0 Å². The van der Waals surface area contributed by atoms with Crippen molar-refractivity contribution in [2.45, 2.75) is 45.2 Å². The van der Waals surface area contributed by atoms with Crippen LogP contribution in [0.4, 0.5) is 13.2 Å². The van der Waals surface area contributed by atoms with Gasteiger partial charge in [-0.05, 0) is 25.1 Å². The Balaban J connectivity index is 1.63. The van der Waals surface area contributed by atoms with Gasteiger partial charge in [0.05, 0.1) is 28.4 Å². The van der Waals surface area contributed by atoms with Crippen molar-refractivity contribution in [2.75, 3.05) is 0 Å². The van der Waals surface area contributed by atoms with Crippen molar-refractivity contribution in [3.8, 4) is 0 Å². The summed E-state index contributed by atoms with van der Waals surface area (Å²) in [6, 6.07) is 3.09. The van der Waals surface area contributed by atoms with E-state index in [1.165, 1.54) is 17.0 Å². The van der Waals surface area contributed by atoms with E-state index in [2.05, 4.69) is 15.3 Å². The van der Waals surface area contributed by atoms with Crippen LogP contribution in [0, 0.1) is 5.92 Å². The number of fused-ring (bicyclic) bond motifs is 1. The molecule has 1 aromatic carbocycles. The molecule has 4 rings (SSSR count). The second-order valence-corrected chi connectivity index (χ2v) is 7.91. The third-order valence-corrected chi connectivity index (χ3v) is 5.88. The smallest absolute Gasteiger partial charge is 0.329 e. The van der Waals surface area contributed by atoms with E-state index in [9.17, 15) is 18.0 Å². The van der Waals surface area contributed by atoms with Crippen molar-refractivity contribution in [3.63, 3.8) is 0 Å². The highest BCUT2D eigenvalue weighted by Gasteiger charge is 2.37. The zero-order chi connectivity index (χ0) is 21.6. The summed E-state index contributed by atoms with van der Waals surface area (Å²) in [6.45, 7) is 4.01. The number of amides is 1. The van der Waals surface area contributed by atoms with Gasteiger partial charge in [-0.3, -0.25) is 9.79 Å². The minimum absolute atomic E-state index is 0.139. The molecule has 0 saturated carbocycles. The van der Waals surface area contributed by atoms with Gasteiger partial charge in [0.25, 0.3) is 5.91 Å². The number of hydrogen-bond donors (Lipinski definition) is 0. The van der Waals surface area contributed by atoms with Crippen LogP contribution in [0.2, 0.25) is 5.02 Å². The molecule has 0 bridgehead atoms. The highest BCUT2D eigenvalue weighted by molar-refractivity contribution is 6.34. The normalized spacial score (nSPS) is 23.5. The number of benzene rings is 1. The Labute approximate surface area is 176 Å². The molecule has 1 aromatic heterocycles. The number of carbonyl (C=O) groups is 1. The first kappa shape index (κ1) is 20.6. The fourth-order valence-corrected chi connectivity index (χ4v) is 4.14. The number of nitrogens with zero attached hydrogens (tertiary/aromatic N) is 5. The summed E-state index contributed by atoms with van der Waals surface area (Å²) in [5, 5.41) is 7.87. The van der Waals surface area contributed by atoms with Gasteiger partial charge in [0.15, 0.2) is 0 Å². The summed E-state index contributed by atoms with van der Waals surface area (Å²) in [7, 11) is 0. The fraction of sp³-hybridized carbons (Fsp3) is 0.400. The van der Waals surface area contributed by atoms with Crippen molar-refractivity contribution in [1.29, 1.82) is 0 Å². The number of dihydropyridines is 1.